The van der Waals surface area contributed by atoms with Gasteiger partial charge in [0.15, 0.2) is 54.7 Å². The van der Waals surface area contributed by atoms with Crippen LogP contribution in [0.1, 0.15) is 0 Å². The molecule has 704 valence electrons. The standard InChI is InChI=1S/C60H36N10.C39H29N3Si.C33H22N4/c1-2-28-46(56-63-59(69-51-33-15-7-23-41(51)42-24-8-16-34-52(42)69)66-60(64-56)70-53-35-17-9-25-43(53)44-26-10-18-36-54(44)70)45(27-1)55-61-57(67-47-29-11-3-19-37(47)38-20-4-12-30-48(38)67)65-58(62-55)68-49-31-13-5-21-39(49)40-22-6-14-32-50(40)68;1-6-17-30(18-7-1)37-40-38(31-19-8-2-9-20-31)42-39(41-37)32-21-16-28-36(29-32)43(33-22-10-3-11-23-33,34-24-12-4-13-25-34)35-26-14-5-15-27-35;1-3-13-23(14-4-1)31-34-32(24-15-5-2-6-16-24)36-33(35-31)27-19-9-12-22-30(27)37-28-20-10-7-17-25(28)26-18-8-11-21-29(26)37/h1-36H;1-29H;1-22H. The average Bonchev–Trinajstić information content (AvgIpc) is 1.06. The van der Waals surface area contributed by atoms with E-state index in [-0.39, 0.29) is 0 Å². The predicted octanol–water partition coefficient (Wildman–Crippen LogP) is 28.0. The normalized spacial score (nSPS) is 11.6. The van der Waals surface area contributed by atoms with Crippen molar-refractivity contribution in [3.05, 3.63) is 528 Å². The summed E-state index contributed by atoms with van der Waals surface area (Å²) in [4.78, 5) is 62.5. The fourth-order valence-electron chi connectivity index (χ4n) is 21.6. The van der Waals surface area contributed by atoms with Gasteiger partial charge in [0.25, 0.3) is 0 Å². The molecule has 0 bridgehead atoms. The van der Waals surface area contributed by atoms with Gasteiger partial charge in [-0.3, -0.25) is 18.3 Å². The third kappa shape index (κ3) is 15.7. The Labute approximate surface area is 862 Å². The zero-order valence-electron chi connectivity index (χ0n) is 80.8. The number of benzene rings is 20. The number of hydrogen-bond donors (Lipinski definition) is 0. The highest BCUT2D eigenvalue weighted by molar-refractivity contribution is 7.20. The second-order valence-electron chi connectivity index (χ2n) is 36.9. The highest BCUT2D eigenvalue weighted by Crippen LogP contribution is 2.43. The lowest BCUT2D eigenvalue weighted by molar-refractivity contribution is 0.887. The molecule has 29 rings (SSSR count). The zero-order valence-corrected chi connectivity index (χ0v) is 81.8. The van der Waals surface area contributed by atoms with Crippen LogP contribution in [0.15, 0.2) is 528 Å². The number of aromatic nitrogens is 17. The van der Waals surface area contributed by atoms with Gasteiger partial charge in [0, 0.05) is 98.4 Å². The molecule has 0 atom stereocenters. The molecule has 0 saturated heterocycles. The molecule has 0 aliphatic heterocycles. The van der Waals surface area contributed by atoms with Gasteiger partial charge in [-0.15, -0.1) is 0 Å². The van der Waals surface area contributed by atoms with E-state index in [1.807, 2.05) is 140 Å². The molecule has 0 aliphatic rings. The molecular weight excluding hydrogens is 1850 g/mol. The first-order valence-corrected chi connectivity index (χ1v) is 52.1. The molecule has 0 unspecified atom stereocenters. The molecule has 9 heterocycles. The number of rotatable bonds is 17. The summed E-state index contributed by atoms with van der Waals surface area (Å²) in [7, 11) is -2.69. The summed E-state index contributed by atoms with van der Waals surface area (Å²) in [5.74, 6) is 6.82. The summed E-state index contributed by atoms with van der Waals surface area (Å²) in [6, 6.07) is 183. The Morgan fingerprint density at radius 2 is 0.313 bits per heavy atom. The smallest absolute Gasteiger partial charge is 0.240 e. The average molecular weight is 1940 g/mol. The monoisotopic (exact) mass is 1940 g/mol. The molecule has 0 aliphatic carbocycles. The van der Waals surface area contributed by atoms with Crippen LogP contribution in [0.3, 0.4) is 0 Å². The van der Waals surface area contributed by atoms with Crippen LogP contribution in [-0.2, 0) is 0 Å². The Bertz CT molecular complexity index is 9150. The lowest BCUT2D eigenvalue weighted by Gasteiger charge is -2.34. The Kier molecular flexibility index (Phi) is 22.5. The number of nitrogens with zero attached hydrogens (tertiary/aromatic N) is 17. The lowest BCUT2D eigenvalue weighted by atomic mass is 10.1. The zero-order chi connectivity index (χ0) is 99.4. The molecule has 29 aromatic rings. The first-order valence-electron chi connectivity index (χ1n) is 50.1. The molecular formula is C132H87N17Si. The van der Waals surface area contributed by atoms with Crippen molar-refractivity contribution in [2.24, 2.45) is 0 Å². The van der Waals surface area contributed by atoms with Crippen LogP contribution in [0.2, 0.25) is 0 Å². The van der Waals surface area contributed by atoms with Gasteiger partial charge in [0.1, 0.15) is 0 Å². The maximum Gasteiger partial charge on any atom is 0.240 e. The number of hydrogen-bond acceptors (Lipinski definition) is 12. The van der Waals surface area contributed by atoms with Crippen LogP contribution in [-0.4, -0.2) is 90.7 Å². The van der Waals surface area contributed by atoms with E-state index >= 15 is 0 Å². The molecule has 9 aromatic heterocycles. The van der Waals surface area contributed by atoms with Gasteiger partial charge < -0.3 is 4.57 Å². The van der Waals surface area contributed by atoms with Gasteiger partial charge in [0.2, 0.25) is 23.8 Å². The molecule has 0 radical (unpaired) electrons. The summed E-state index contributed by atoms with van der Waals surface area (Å²) >= 11 is 0. The van der Waals surface area contributed by atoms with Gasteiger partial charge in [0.05, 0.1) is 60.9 Å². The molecule has 0 fully saturated rings. The van der Waals surface area contributed by atoms with Gasteiger partial charge in [-0.05, 0) is 93.5 Å². The Morgan fingerprint density at radius 3 is 0.580 bits per heavy atom. The molecule has 18 heteroatoms. The number of fused-ring (bicyclic) bond motifs is 15. The number of para-hydroxylation sites is 11. The second-order valence-corrected chi connectivity index (χ2v) is 40.7. The topological polar surface area (TPSA) is 179 Å². The van der Waals surface area contributed by atoms with E-state index in [2.05, 4.69) is 411 Å². The fourth-order valence-corrected chi connectivity index (χ4v) is 26.4. The van der Waals surface area contributed by atoms with E-state index in [0.717, 1.165) is 148 Å². The van der Waals surface area contributed by atoms with Crippen LogP contribution < -0.4 is 20.7 Å². The Balaban J connectivity index is 0.000000119. The van der Waals surface area contributed by atoms with Crippen molar-refractivity contribution in [1.29, 1.82) is 0 Å². The third-order valence-corrected chi connectivity index (χ3v) is 33.1. The van der Waals surface area contributed by atoms with E-state index < -0.39 is 8.07 Å². The van der Waals surface area contributed by atoms with Crippen molar-refractivity contribution in [3.63, 3.8) is 0 Å². The van der Waals surface area contributed by atoms with Crippen molar-refractivity contribution in [2.75, 3.05) is 0 Å². The van der Waals surface area contributed by atoms with Crippen molar-refractivity contribution >= 4 is 138 Å². The van der Waals surface area contributed by atoms with E-state index in [9.17, 15) is 0 Å². The molecule has 0 N–H and O–H groups in total. The molecule has 20 aromatic carbocycles. The Hall–Kier alpha value is -20.3. The molecule has 0 saturated carbocycles. The largest absolute Gasteiger partial charge is 0.309 e. The maximum absolute atomic E-state index is 5.46. The van der Waals surface area contributed by atoms with E-state index in [4.69, 9.17) is 59.8 Å². The van der Waals surface area contributed by atoms with Gasteiger partial charge in [-0.25, -0.2) is 29.9 Å². The first kappa shape index (κ1) is 88.6. The predicted molar refractivity (Wildman–Crippen MR) is 612 cm³/mol. The minimum Gasteiger partial charge on any atom is -0.309 e. The lowest BCUT2D eigenvalue weighted by Crippen LogP contribution is -2.74. The van der Waals surface area contributed by atoms with Gasteiger partial charge in [-0.2, -0.15) is 29.9 Å². The van der Waals surface area contributed by atoms with E-state index in [0.29, 0.717) is 70.4 Å². The van der Waals surface area contributed by atoms with Crippen LogP contribution >= 0.6 is 0 Å². The fraction of sp³-hybridized carbons (Fsp3) is 0. The van der Waals surface area contributed by atoms with Gasteiger partial charge >= 0.3 is 0 Å². The minimum atomic E-state index is -2.69. The summed E-state index contributed by atoms with van der Waals surface area (Å²) in [5.41, 5.74) is 18.5. The maximum atomic E-state index is 5.46. The summed E-state index contributed by atoms with van der Waals surface area (Å²) in [6.07, 6.45) is 0. The van der Waals surface area contributed by atoms with Crippen molar-refractivity contribution in [3.8, 4) is 121 Å². The van der Waals surface area contributed by atoms with Crippen LogP contribution in [0.4, 0.5) is 0 Å². The van der Waals surface area contributed by atoms with Crippen LogP contribution in [0.5, 0.6) is 0 Å². The quantitative estimate of drug-likeness (QED) is 0.0623. The second kappa shape index (κ2) is 38.1. The first-order chi connectivity index (χ1) is 74.4. The summed E-state index contributed by atoms with van der Waals surface area (Å²) < 4.78 is 10.9. The molecule has 150 heavy (non-hydrogen) atoms. The van der Waals surface area contributed by atoms with E-state index in [1.54, 1.807) is 0 Å². The minimum absolute atomic E-state index is 0.469. The van der Waals surface area contributed by atoms with E-state index in [1.165, 1.54) is 31.5 Å². The summed E-state index contributed by atoms with van der Waals surface area (Å²) in [5, 5.41) is 16.6. The SMILES string of the molecule is c1ccc(-c2nc(-c3ccccc3)nc(-c3cccc([Si](c4ccccc4)(c4ccccc4)c4ccccc4)c3)n2)cc1.c1ccc(-c2nc(-c3ccccc3)nc(-c3ccccc3-n3c4ccccc4c4ccccc43)n2)cc1.c1ccc(-c2nc(-n3c4ccccc4c4ccccc43)nc(-n3c4ccccc4c4ccccc43)n2)c(-c2nc(-n3c4ccccc4c4ccccc43)nc(-n3c4ccccc4c4ccccc43)n2)c1. The van der Waals surface area contributed by atoms with Crippen LogP contribution in [0.25, 0.3) is 230 Å². The molecule has 0 spiro atoms. The van der Waals surface area contributed by atoms with Crippen molar-refractivity contribution in [2.45, 2.75) is 0 Å². The van der Waals surface area contributed by atoms with Crippen molar-refractivity contribution in [1.82, 2.24) is 82.6 Å². The van der Waals surface area contributed by atoms with Crippen molar-refractivity contribution < 1.29 is 0 Å². The van der Waals surface area contributed by atoms with Crippen LogP contribution in [0, 0.1) is 0 Å². The third-order valence-electron chi connectivity index (χ3n) is 28.3. The summed E-state index contributed by atoms with van der Waals surface area (Å²) in [6.45, 7) is 0. The highest BCUT2D eigenvalue weighted by Gasteiger charge is 2.42. The molecule has 17 nitrogen and oxygen atoms in total. The highest BCUT2D eigenvalue weighted by atomic mass is 28.3. The molecule has 0 amide bonds. The van der Waals surface area contributed by atoms with Gasteiger partial charge in [-0.1, -0.05) is 455 Å². The Morgan fingerprint density at radius 1 is 0.127 bits per heavy atom.